The van der Waals surface area contributed by atoms with E-state index in [-0.39, 0.29) is 6.61 Å². The predicted octanol–water partition coefficient (Wildman–Crippen LogP) is 4.62. The molecule has 0 aromatic carbocycles. The summed E-state index contributed by atoms with van der Waals surface area (Å²) in [6.07, 6.45) is 9.64. The lowest BCUT2D eigenvalue weighted by molar-refractivity contribution is -0.119. The SMILES string of the molecule is N#Cc1c(NC(=O)COC(=O)c2cc3c(s2)CCCCC3)sc2c1CCCC2. The molecule has 0 saturated carbocycles. The number of ether oxygens (including phenoxy) is 1. The Balaban J connectivity index is 1.37. The number of esters is 1. The molecule has 146 valence electrons. The molecule has 0 radical (unpaired) electrons. The van der Waals surface area contributed by atoms with Crippen molar-refractivity contribution in [2.45, 2.75) is 57.8 Å². The summed E-state index contributed by atoms with van der Waals surface area (Å²) in [7, 11) is 0. The van der Waals surface area contributed by atoms with Gasteiger partial charge in [-0.1, -0.05) is 6.42 Å². The van der Waals surface area contributed by atoms with E-state index in [0.717, 1.165) is 56.9 Å². The monoisotopic (exact) mass is 414 g/mol. The Morgan fingerprint density at radius 3 is 2.64 bits per heavy atom. The Hall–Kier alpha value is -2.17. The highest BCUT2D eigenvalue weighted by atomic mass is 32.1. The van der Waals surface area contributed by atoms with Gasteiger partial charge >= 0.3 is 5.97 Å². The van der Waals surface area contributed by atoms with Gasteiger partial charge in [0.25, 0.3) is 5.91 Å². The quantitative estimate of drug-likeness (QED) is 0.585. The largest absolute Gasteiger partial charge is 0.451 e. The van der Waals surface area contributed by atoms with Gasteiger partial charge in [-0.15, -0.1) is 22.7 Å². The first kappa shape index (κ1) is 19.2. The predicted molar refractivity (Wildman–Crippen MR) is 110 cm³/mol. The Labute approximate surface area is 172 Å². The number of anilines is 1. The highest BCUT2D eigenvalue weighted by Gasteiger charge is 2.23. The maximum atomic E-state index is 12.3. The Morgan fingerprint density at radius 1 is 1.04 bits per heavy atom. The lowest BCUT2D eigenvalue weighted by Crippen LogP contribution is -2.20. The van der Waals surface area contributed by atoms with Crippen molar-refractivity contribution in [3.63, 3.8) is 0 Å². The highest BCUT2D eigenvalue weighted by Crippen LogP contribution is 2.37. The summed E-state index contributed by atoms with van der Waals surface area (Å²) in [6, 6.07) is 4.15. The fourth-order valence-corrected chi connectivity index (χ4v) is 6.31. The number of nitrogens with zero attached hydrogens (tertiary/aromatic N) is 1. The number of aryl methyl sites for hydroxylation is 3. The van der Waals surface area contributed by atoms with Crippen LogP contribution in [0.5, 0.6) is 0 Å². The molecule has 7 heteroatoms. The third kappa shape index (κ3) is 3.98. The summed E-state index contributed by atoms with van der Waals surface area (Å²) < 4.78 is 5.23. The summed E-state index contributed by atoms with van der Waals surface area (Å²) in [5, 5.41) is 12.8. The number of hydrogen-bond donors (Lipinski definition) is 1. The van der Waals surface area contributed by atoms with E-state index in [0.29, 0.717) is 15.4 Å². The van der Waals surface area contributed by atoms with Gasteiger partial charge in [0.05, 0.1) is 5.56 Å². The van der Waals surface area contributed by atoms with Crippen molar-refractivity contribution in [2.24, 2.45) is 0 Å². The van der Waals surface area contributed by atoms with Gasteiger partial charge in [0.2, 0.25) is 0 Å². The zero-order chi connectivity index (χ0) is 19.5. The summed E-state index contributed by atoms with van der Waals surface area (Å²) in [4.78, 5) is 27.7. The minimum absolute atomic E-state index is 0.338. The molecule has 0 saturated heterocycles. The van der Waals surface area contributed by atoms with Gasteiger partial charge in [-0.25, -0.2) is 4.79 Å². The second-order valence-corrected chi connectivity index (χ2v) is 9.51. The smallest absolute Gasteiger partial charge is 0.348 e. The Morgan fingerprint density at radius 2 is 1.79 bits per heavy atom. The minimum atomic E-state index is -0.445. The molecule has 0 aliphatic heterocycles. The van der Waals surface area contributed by atoms with Crippen LogP contribution in [-0.4, -0.2) is 18.5 Å². The van der Waals surface area contributed by atoms with Gasteiger partial charge in [0.15, 0.2) is 6.61 Å². The number of amides is 1. The Bertz CT molecular complexity index is 928. The van der Waals surface area contributed by atoms with Gasteiger partial charge in [0.1, 0.15) is 15.9 Å². The van der Waals surface area contributed by atoms with Gasteiger partial charge in [0, 0.05) is 9.75 Å². The molecule has 28 heavy (non-hydrogen) atoms. The van der Waals surface area contributed by atoms with E-state index in [4.69, 9.17) is 4.74 Å². The molecular formula is C21H22N2O3S2. The molecule has 4 rings (SSSR count). The summed E-state index contributed by atoms with van der Waals surface area (Å²) in [5.41, 5.74) is 2.90. The van der Waals surface area contributed by atoms with Crippen LogP contribution in [0.25, 0.3) is 0 Å². The van der Waals surface area contributed by atoms with E-state index in [9.17, 15) is 14.9 Å². The fraction of sp³-hybridized carbons (Fsp3) is 0.476. The van der Waals surface area contributed by atoms with Crippen LogP contribution >= 0.6 is 22.7 Å². The lowest BCUT2D eigenvalue weighted by atomic mass is 9.96. The molecule has 5 nitrogen and oxygen atoms in total. The number of hydrogen-bond acceptors (Lipinski definition) is 6. The average molecular weight is 415 g/mol. The van der Waals surface area contributed by atoms with E-state index >= 15 is 0 Å². The highest BCUT2D eigenvalue weighted by molar-refractivity contribution is 7.16. The van der Waals surface area contributed by atoms with Gasteiger partial charge in [-0.2, -0.15) is 5.26 Å². The van der Waals surface area contributed by atoms with Crippen molar-refractivity contribution in [1.29, 1.82) is 5.26 Å². The van der Waals surface area contributed by atoms with E-state index < -0.39 is 11.9 Å². The van der Waals surface area contributed by atoms with Crippen molar-refractivity contribution < 1.29 is 14.3 Å². The van der Waals surface area contributed by atoms with Crippen LogP contribution in [0.3, 0.4) is 0 Å². The molecule has 1 amide bonds. The van der Waals surface area contributed by atoms with Crippen LogP contribution in [0.2, 0.25) is 0 Å². The number of carbonyl (C=O) groups excluding carboxylic acids is 2. The van der Waals surface area contributed by atoms with Crippen molar-refractivity contribution in [3.05, 3.63) is 37.4 Å². The van der Waals surface area contributed by atoms with E-state index in [1.54, 1.807) is 0 Å². The second-order valence-electron chi connectivity index (χ2n) is 7.27. The third-order valence-electron chi connectivity index (χ3n) is 5.32. The van der Waals surface area contributed by atoms with Crippen molar-refractivity contribution >= 4 is 39.6 Å². The first-order chi connectivity index (χ1) is 13.7. The van der Waals surface area contributed by atoms with Crippen LogP contribution in [0.1, 0.15) is 68.2 Å². The molecule has 0 unspecified atom stereocenters. The summed E-state index contributed by atoms with van der Waals surface area (Å²) >= 11 is 2.96. The van der Waals surface area contributed by atoms with Crippen molar-refractivity contribution in [1.82, 2.24) is 0 Å². The molecule has 2 aliphatic carbocycles. The minimum Gasteiger partial charge on any atom is -0.451 e. The van der Waals surface area contributed by atoms with Crippen LogP contribution < -0.4 is 5.32 Å². The molecule has 0 spiro atoms. The van der Waals surface area contributed by atoms with E-state index in [1.807, 2.05) is 6.07 Å². The van der Waals surface area contributed by atoms with Crippen molar-refractivity contribution in [3.8, 4) is 6.07 Å². The Kier molecular flexibility index (Phi) is 5.79. The summed E-state index contributed by atoms with van der Waals surface area (Å²) in [6.45, 7) is -0.338. The molecule has 0 fully saturated rings. The first-order valence-electron chi connectivity index (χ1n) is 9.79. The van der Waals surface area contributed by atoms with E-state index in [1.165, 1.54) is 44.4 Å². The average Bonchev–Trinajstić information content (AvgIpc) is 3.19. The van der Waals surface area contributed by atoms with Crippen LogP contribution in [0.4, 0.5) is 5.00 Å². The molecule has 2 aliphatic rings. The number of rotatable bonds is 4. The van der Waals surface area contributed by atoms with E-state index in [2.05, 4.69) is 11.4 Å². The number of nitrogens with one attached hydrogen (secondary N) is 1. The molecule has 2 aromatic heterocycles. The molecular weight excluding hydrogens is 392 g/mol. The maximum Gasteiger partial charge on any atom is 0.348 e. The maximum absolute atomic E-state index is 12.3. The standard InChI is InChI=1S/C21H22N2O3S2/c22-11-15-14-7-4-5-9-17(14)28-20(15)23-19(24)12-26-21(25)18-10-13-6-2-1-3-8-16(13)27-18/h10H,1-9,12H2,(H,23,24). The first-order valence-corrected chi connectivity index (χ1v) is 11.4. The zero-order valence-corrected chi connectivity index (χ0v) is 17.3. The number of carbonyl (C=O) groups is 2. The second kappa shape index (κ2) is 8.46. The molecule has 1 N–H and O–H groups in total. The molecule has 2 aromatic rings. The van der Waals surface area contributed by atoms with Crippen molar-refractivity contribution in [2.75, 3.05) is 11.9 Å². The normalized spacial score (nSPS) is 15.7. The number of nitriles is 1. The molecule has 0 bridgehead atoms. The number of fused-ring (bicyclic) bond motifs is 2. The lowest BCUT2D eigenvalue weighted by Gasteiger charge is -2.09. The van der Waals surface area contributed by atoms with Crippen LogP contribution in [-0.2, 0) is 35.2 Å². The fourth-order valence-electron chi connectivity index (χ4n) is 3.91. The molecule has 2 heterocycles. The third-order valence-corrected chi connectivity index (χ3v) is 7.74. The zero-order valence-electron chi connectivity index (χ0n) is 15.6. The topological polar surface area (TPSA) is 79.2 Å². The van der Waals surface area contributed by atoms with Gasteiger partial charge in [-0.3, -0.25) is 4.79 Å². The summed E-state index contributed by atoms with van der Waals surface area (Å²) in [5.74, 6) is -0.847. The number of thiophene rings is 2. The molecule has 0 atom stereocenters. The van der Waals surface area contributed by atoms with Gasteiger partial charge in [-0.05, 0) is 68.6 Å². The van der Waals surface area contributed by atoms with Gasteiger partial charge < -0.3 is 10.1 Å². The van der Waals surface area contributed by atoms with Crippen LogP contribution in [0, 0.1) is 11.3 Å². The van der Waals surface area contributed by atoms with Crippen LogP contribution in [0.15, 0.2) is 6.07 Å².